The van der Waals surface area contributed by atoms with Crippen molar-refractivity contribution in [2.24, 2.45) is 5.73 Å². The van der Waals surface area contributed by atoms with Gasteiger partial charge in [-0.25, -0.2) is 4.79 Å². The van der Waals surface area contributed by atoms with Gasteiger partial charge in [-0.15, -0.1) is 0 Å². The normalized spacial score (nSPS) is 11.2. The van der Waals surface area contributed by atoms with E-state index in [4.69, 9.17) is 15.6 Å². The van der Waals surface area contributed by atoms with Crippen molar-refractivity contribution in [3.05, 3.63) is 29.8 Å². The van der Waals surface area contributed by atoms with Crippen LogP contribution in [0.25, 0.3) is 0 Å². The number of phenols is 1. The van der Waals surface area contributed by atoms with Crippen LogP contribution in [0.4, 0.5) is 4.79 Å². The molecule has 0 unspecified atom stereocenters. The number of carbonyl (C=O) groups is 1. The number of nitrogens with two attached hydrogens (primary N) is 1. The Labute approximate surface area is 101 Å². The number of amides is 1. The molecule has 94 valence electrons. The summed E-state index contributed by atoms with van der Waals surface area (Å²) in [6.45, 7) is 3.68. The number of hydrogen-bond donors (Lipinski definition) is 2. The van der Waals surface area contributed by atoms with Crippen LogP contribution in [0.5, 0.6) is 5.75 Å². The number of aromatic hydroxyl groups is 1. The number of benzene rings is 1. The Morgan fingerprint density at radius 1 is 1.35 bits per heavy atom. The van der Waals surface area contributed by atoms with Gasteiger partial charge in [-0.05, 0) is 50.8 Å². The van der Waals surface area contributed by atoms with Gasteiger partial charge in [0.1, 0.15) is 11.4 Å². The molecule has 1 rings (SSSR count). The second-order valence-electron chi connectivity index (χ2n) is 4.70. The maximum absolute atomic E-state index is 10.7. The van der Waals surface area contributed by atoms with Crippen molar-refractivity contribution < 1.29 is 14.6 Å². The summed E-state index contributed by atoms with van der Waals surface area (Å²) in [5.74, 6) is 0.270. The maximum atomic E-state index is 10.7. The van der Waals surface area contributed by atoms with Gasteiger partial charge >= 0.3 is 6.09 Å². The number of phenolic OH excluding ortho intramolecular Hbond substituents is 1. The fraction of sp³-hybridized carbons (Fsp3) is 0.462. The molecule has 4 heteroatoms. The van der Waals surface area contributed by atoms with E-state index in [0.717, 1.165) is 24.8 Å². The second kappa shape index (κ2) is 5.57. The first kappa shape index (κ1) is 13.4. The Morgan fingerprint density at radius 3 is 2.47 bits per heavy atom. The molecule has 0 saturated carbocycles. The molecule has 3 N–H and O–H groups in total. The van der Waals surface area contributed by atoms with Crippen LogP contribution in [0.15, 0.2) is 24.3 Å². The van der Waals surface area contributed by atoms with Crippen molar-refractivity contribution >= 4 is 6.09 Å². The molecule has 0 bridgehead atoms. The zero-order valence-electron chi connectivity index (χ0n) is 10.3. The van der Waals surface area contributed by atoms with E-state index in [1.165, 1.54) is 0 Å². The Bertz CT molecular complexity index is 371. The lowest BCUT2D eigenvalue weighted by atomic mass is 9.98. The van der Waals surface area contributed by atoms with Gasteiger partial charge < -0.3 is 15.6 Å². The first-order valence-corrected chi connectivity index (χ1v) is 5.65. The van der Waals surface area contributed by atoms with Crippen LogP contribution in [0, 0.1) is 0 Å². The number of ether oxygens (including phenoxy) is 1. The summed E-state index contributed by atoms with van der Waals surface area (Å²) in [6, 6.07) is 7.11. The van der Waals surface area contributed by atoms with Crippen LogP contribution in [-0.2, 0) is 11.2 Å². The van der Waals surface area contributed by atoms with Crippen molar-refractivity contribution in [1.82, 2.24) is 0 Å². The molecule has 1 aromatic rings. The van der Waals surface area contributed by atoms with E-state index in [1.807, 2.05) is 26.0 Å². The summed E-state index contributed by atoms with van der Waals surface area (Å²) in [4.78, 5) is 10.7. The van der Waals surface area contributed by atoms with E-state index in [-0.39, 0.29) is 5.75 Å². The summed E-state index contributed by atoms with van der Waals surface area (Å²) < 4.78 is 4.99. The number of carbonyl (C=O) groups excluding carboxylic acids is 1. The smallest absolute Gasteiger partial charge is 0.405 e. The summed E-state index contributed by atoms with van der Waals surface area (Å²) in [6.07, 6.45) is 1.79. The largest absolute Gasteiger partial charge is 0.508 e. The van der Waals surface area contributed by atoms with E-state index in [2.05, 4.69) is 0 Å². The van der Waals surface area contributed by atoms with Crippen LogP contribution < -0.4 is 5.73 Å². The molecule has 0 aliphatic rings. The van der Waals surface area contributed by atoms with Crippen LogP contribution in [0.3, 0.4) is 0 Å². The van der Waals surface area contributed by atoms with E-state index in [1.54, 1.807) is 12.1 Å². The van der Waals surface area contributed by atoms with E-state index < -0.39 is 11.7 Å². The maximum Gasteiger partial charge on any atom is 0.405 e. The lowest BCUT2D eigenvalue weighted by Crippen LogP contribution is -2.31. The fourth-order valence-electron chi connectivity index (χ4n) is 1.70. The minimum Gasteiger partial charge on any atom is -0.508 e. The van der Waals surface area contributed by atoms with Crippen molar-refractivity contribution in [3.8, 4) is 5.75 Å². The molecule has 1 aromatic carbocycles. The summed E-state index contributed by atoms with van der Waals surface area (Å²) in [5, 5.41) is 9.14. The highest BCUT2D eigenvalue weighted by Gasteiger charge is 2.20. The first-order valence-electron chi connectivity index (χ1n) is 5.65. The topological polar surface area (TPSA) is 72.6 Å². The molecule has 0 saturated heterocycles. The van der Waals surface area contributed by atoms with E-state index in [0.29, 0.717) is 0 Å². The van der Waals surface area contributed by atoms with Gasteiger partial charge in [0.05, 0.1) is 0 Å². The summed E-state index contributed by atoms with van der Waals surface area (Å²) in [5.41, 5.74) is 5.61. The van der Waals surface area contributed by atoms with Crippen molar-refractivity contribution in [3.63, 3.8) is 0 Å². The van der Waals surface area contributed by atoms with Crippen LogP contribution >= 0.6 is 0 Å². The SMILES string of the molecule is CC(C)(CCCc1ccc(O)cc1)OC(N)=O. The molecule has 0 atom stereocenters. The third-order valence-electron chi connectivity index (χ3n) is 2.56. The highest BCUT2D eigenvalue weighted by atomic mass is 16.6. The number of primary amides is 1. The van der Waals surface area contributed by atoms with Gasteiger partial charge in [-0.3, -0.25) is 0 Å². The molecule has 0 fully saturated rings. The minimum absolute atomic E-state index is 0.270. The molecule has 0 radical (unpaired) electrons. The molecule has 1 amide bonds. The van der Waals surface area contributed by atoms with Crippen molar-refractivity contribution in [2.75, 3.05) is 0 Å². The Balaban J connectivity index is 2.37. The van der Waals surface area contributed by atoms with Gasteiger partial charge in [-0.1, -0.05) is 12.1 Å². The highest BCUT2D eigenvalue weighted by Crippen LogP contribution is 2.19. The second-order valence-corrected chi connectivity index (χ2v) is 4.70. The molecule has 4 nitrogen and oxygen atoms in total. The summed E-state index contributed by atoms with van der Waals surface area (Å²) >= 11 is 0. The zero-order valence-corrected chi connectivity index (χ0v) is 10.3. The standard InChI is InChI=1S/C13H19NO3/c1-13(2,17-12(14)16)9-3-4-10-5-7-11(15)8-6-10/h5-8,15H,3-4,9H2,1-2H3,(H2,14,16). The monoisotopic (exact) mass is 237 g/mol. The Hall–Kier alpha value is -1.71. The van der Waals surface area contributed by atoms with Crippen molar-refractivity contribution in [2.45, 2.75) is 38.7 Å². The fourth-order valence-corrected chi connectivity index (χ4v) is 1.70. The van der Waals surface area contributed by atoms with Gasteiger partial charge in [0.25, 0.3) is 0 Å². The third-order valence-corrected chi connectivity index (χ3v) is 2.56. The lowest BCUT2D eigenvalue weighted by Gasteiger charge is -2.23. The molecular formula is C13H19NO3. The van der Waals surface area contributed by atoms with Crippen LogP contribution in [0.1, 0.15) is 32.3 Å². The minimum atomic E-state index is -0.736. The third kappa shape index (κ3) is 5.24. The van der Waals surface area contributed by atoms with Crippen molar-refractivity contribution in [1.29, 1.82) is 0 Å². The lowest BCUT2D eigenvalue weighted by molar-refractivity contribution is 0.0378. The van der Waals surface area contributed by atoms with Crippen LogP contribution in [0.2, 0.25) is 0 Å². The Morgan fingerprint density at radius 2 is 1.94 bits per heavy atom. The van der Waals surface area contributed by atoms with Gasteiger partial charge in [0.2, 0.25) is 0 Å². The predicted octanol–water partition coefficient (Wildman–Crippen LogP) is 2.59. The molecule has 0 heterocycles. The number of hydrogen-bond acceptors (Lipinski definition) is 3. The molecule has 0 aromatic heterocycles. The van der Waals surface area contributed by atoms with Crippen LogP contribution in [-0.4, -0.2) is 16.8 Å². The number of rotatable bonds is 5. The highest BCUT2D eigenvalue weighted by molar-refractivity contribution is 5.65. The molecule has 0 spiro atoms. The average molecular weight is 237 g/mol. The van der Waals surface area contributed by atoms with Gasteiger partial charge in [-0.2, -0.15) is 0 Å². The van der Waals surface area contributed by atoms with E-state index >= 15 is 0 Å². The van der Waals surface area contributed by atoms with Gasteiger partial charge in [0, 0.05) is 0 Å². The molecule has 17 heavy (non-hydrogen) atoms. The zero-order chi connectivity index (χ0) is 12.9. The average Bonchev–Trinajstić information content (AvgIpc) is 2.18. The van der Waals surface area contributed by atoms with Gasteiger partial charge in [0.15, 0.2) is 0 Å². The summed E-state index contributed by atoms with van der Waals surface area (Å²) in [7, 11) is 0. The molecule has 0 aliphatic carbocycles. The molecular weight excluding hydrogens is 218 g/mol. The number of aryl methyl sites for hydroxylation is 1. The molecule has 0 aliphatic heterocycles. The Kier molecular flexibility index (Phi) is 4.37. The van der Waals surface area contributed by atoms with E-state index in [9.17, 15) is 4.79 Å². The quantitative estimate of drug-likeness (QED) is 0.826. The first-order chi connectivity index (χ1) is 7.89. The predicted molar refractivity (Wildman–Crippen MR) is 65.8 cm³/mol.